The third-order valence-electron chi connectivity index (χ3n) is 6.55. The molecule has 4 atom stereocenters. The van der Waals surface area contributed by atoms with Gasteiger partial charge in [0.1, 0.15) is 23.2 Å². The Labute approximate surface area is 207 Å². The van der Waals surface area contributed by atoms with Gasteiger partial charge in [-0.2, -0.15) is 0 Å². The molecule has 0 spiro atoms. The molecule has 0 radical (unpaired) electrons. The molecule has 2 aliphatic heterocycles. The molecular formula is C25H40N4O6. The fraction of sp³-hybridized carbons (Fsp3) is 0.760. The second-order valence-electron chi connectivity index (χ2n) is 10.5. The van der Waals surface area contributed by atoms with Crippen molar-refractivity contribution in [2.75, 3.05) is 26.2 Å². The summed E-state index contributed by atoms with van der Waals surface area (Å²) in [6.07, 6.45) is 7.71. The average molecular weight is 493 g/mol. The van der Waals surface area contributed by atoms with Crippen molar-refractivity contribution < 1.29 is 28.7 Å². The van der Waals surface area contributed by atoms with Crippen LogP contribution in [-0.4, -0.2) is 78.2 Å². The van der Waals surface area contributed by atoms with Crippen LogP contribution in [0.15, 0.2) is 12.2 Å². The van der Waals surface area contributed by atoms with Gasteiger partial charge in [0, 0.05) is 25.6 Å². The van der Waals surface area contributed by atoms with E-state index < -0.39 is 41.2 Å². The number of esters is 1. The van der Waals surface area contributed by atoms with E-state index in [-0.39, 0.29) is 25.0 Å². The highest BCUT2D eigenvalue weighted by atomic mass is 16.6. The zero-order valence-corrected chi connectivity index (χ0v) is 21.4. The minimum Gasteiger partial charge on any atom is -0.464 e. The molecule has 2 unspecified atom stereocenters. The molecular weight excluding hydrogens is 452 g/mol. The molecule has 1 aliphatic carbocycles. The van der Waals surface area contributed by atoms with Crippen LogP contribution in [0, 0.1) is 5.92 Å². The van der Waals surface area contributed by atoms with E-state index in [9.17, 15) is 19.2 Å². The number of carbonyl (C=O) groups excluding carboxylic acids is 4. The van der Waals surface area contributed by atoms with Gasteiger partial charge in [-0.05, 0) is 53.4 Å². The molecule has 35 heavy (non-hydrogen) atoms. The van der Waals surface area contributed by atoms with Crippen LogP contribution >= 0.6 is 0 Å². The number of ether oxygens (including phenoxy) is 2. The summed E-state index contributed by atoms with van der Waals surface area (Å²) in [7, 11) is 0. The summed E-state index contributed by atoms with van der Waals surface area (Å²) in [4.78, 5) is 53.8. The first-order chi connectivity index (χ1) is 16.6. The smallest absolute Gasteiger partial charge is 0.408 e. The number of allylic oxidation sites excluding steroid dienone is 1. The van der Waals surface area contributed by atoms with Gasteiger partial charge in [-0.15, -0.1) is 0 Å². The van der Waals surface area contributed by atoms with Crippen LogP contribution in [0.2, 0.25) is 0 Å². The molecule has 1 saturated carbocycles. The summed E-state index contributed by atoms with van der Waals surface area (Å²) in [5.41, 5.74) is -1.79. The van der Waals surface area contributed by atoms with Crippen LogP contribution in [0.4, 0.5) is 4.79 Å². The van der Waals surface area contributed by atoms with E-state index in [1.807, 2.05) is 12.2 Å². The van der Waals surface area contributed by atoms with E-state index in [1.165, 1.54) is 4.90 Å². The SMILES string of the molecule is CCOC(=O)[C@@]12CC1/C=C\CCCCC[C@H](NC(=O)OC(C)(C)C)C(=O)N1CCNCC1C(=O)N2. The summed E-state index contributed by atoms with van der Waals surface area (Å²) in [6.45, 7) is 8.36. The second kappa shape index (κ2) is 11.4. The van der Waals surface area contributed by atoms with Gasteiger partial charge in [0.25, 0.3) is 0 Å². The fourth-order valence-electron chi connectivity index (χ4n) is 4.67. The van der Waals surface area contributed by atoms with Gasteiger partial charge in [-0.3, -0.25) is 9.59 Å². The van der Waals surface area contributed by atoms with Crippen LogP contribution < -0.4 is 16.0 Å². The third kappa shape index (κ3) is 6.96. The molecule has 0 aromatic heterocycles. The van der Waals surface area contributed by atoms with Crippen molar-refractivity contribution in [3.05, 3.63) is 12.2 Å². The first kappa shape index (κ1) is 27.0. The molecule has 2 heterocycles. The van der Waals surface area contributed by atoms with Crippen molar-refractivity contribution in [2.24, 2.45) is 5.92 Å². The molecule has 10 nitrogen and oxygen atoms in total. The number of amides is 3. The van der Waals surface area contributed by atoms with Crippen LogP contribution in [0.1, 0.15) is 66.2 Å². The lowest BCUT2D eigenvalue weighted by Gasteiger charge is -2.38. The standard InChI is InChI=1S/C25H40N4O6/c1-5-34-22(32)25-15-17(25)11-9-7-6-8-10-12-18(27-23(33)35-24(2,3)4)21(31)29-14-13-26-16-19(29)20(30)28-25/h9,11,17-19,26H,5-8,10,12-16H2,1-4H3,(H,27,33)(H,28,30)/b11-9-/t17?,18-,19?,25+/m0/s1. The molecule has 196 valence electrons. The molecule has 10 heteroatoms. The molecule has 3 aliphatic rings. The number of piperazine rings is 1. The van der Waals surface area contributed by atoms with Gasteiger partial charge in [0.15, 0.2) is 0 Å². The number of nitrogens with zero attached hydrogens (tertiary/aromatic N) is 1. The number of nitrogens with one attached hydrogen (secondary N) is 3. The second-order valence-corrected chi connectivity index (χ2v) is 10.5. The summed E-state index contributed by atoms with van der Waals surface area (Å²) in [5.74, 6) is -1.29. The Morgan fingerprint density at radius 2 is 2.00 bits per heavy atom. The summed E-state index contributed by atoms with van der Waals surface area (Å²) < 4.78 is 10.7. The van der Waals surface area contributed by atoms with E-state index in [2.05, 4.69) is 16.0 Å². The van der Waals surface area contributed by atoms with Gasteiger partial charge in [0.2, 0.25) is 11.8 Å². The van der Waals surface area contributed by atoms with Gasteiger partial charge in [-0.1, -0.05) is 25.0 Å². The predicted molar refractivity (Wildman–Crippen MR) is 129 cm³/mol. The molecule has 0 aromatic carbocycles. The number of carbonyl (C=O) groups is 4. The van der Waals surface area contributed by atoms with Crippen molar-refractivity contribution in [3.63, 3.8) is 0 Å². The zero-order chi connectivity index (χ0) is 25.6. The molecule has 0 bridgehead atoms. The fourth-order valence-corrected chi connectivity index (χ4v) is 4.67. The maximum absolute atomic E-state index is 13.6. The maximum Gasteiger partial charge on any atom is 0.408 e. The van der Waals surface area contributed by atoms with Gasteiger partial charge >= 0.3 is 12.1 Å². The highest BCUT2D eigenvalue weighted by Crippen LogP contribution is 2.46. The monoisotopic (exact) mass is 492 g/mol. The van der Waals surface area contributed by atoms with Crippen molar-refractivity contribution >= 4 is 23.9 Å². The lowest BCUT2D eigenvalue weighted by atomic mass is 10.0. The first-order valence-electron chi connectivity index (χ1n) is 12.7. The topological polar surface area (TPSA) is 126 Å². The third-order valence-corrected chi connectivity index (χ3v) is 6.55. The Kier molecular flexibility index (Phi) is 8.79. The Bertz CT molecular complexity index is 838. The Morgan fingerprint density at radius 3 is 2.71 bits per heavy atom. The van der Waals surface area contributed by atoms with Crippen molar-refractivity contribution in [2.45, 2.75) is 89.4 Å². The molecule has 3 rings (SSSR count). The van der Waals surface area contributed by atoms with E-state index >= 15 is 0 Å². The van der Waals surface area contributed by atoms with Crippen LogP contribution in [0.25, 0.3) is 0 Å². The predicted octanol–water partition coefficient (Wildman–Crippen LogP) is 1.64. The minimum absolute atomic E-state index is 0.127. The van der Waals surface area contributed by atoms with Gasteiger partial charge in [0.05, 0.1) is 6.61 Å². The van der Waals surface area contributed by atoms with E-state index in [1.54, 1.807) is 27.7 Å². The normalized spacial score (nSPS) is 31.0. The Morgan fingerprint density at radius 1 is 1.23 bits per heavy atom. The zero-order valence-electron chi connectivity index (χ0n) is 21.4. The summed E-state index contributed by atoms with van der Waals surface area (Å²) >= 11 is 0. The van der Waals surface area contributed by atoms with Crippen molar-refractivity contribution in [3.8, 4) is 0 Å². The van der Waals surface area contributed by atoms with Crippen LogP contribution in [0.5, 0.6) is 0 Å². The lowest BCUT2D eigenvalue weighted by molar-refractivity contribution is -0.151. The largest absolute Gasteiger partial charge is 0.464 e. The number of fused-ring (bicyclic) bond motifs is 2. The highest BCUT2D eigenvalue weighted by molar-refractivity contribution is 5.96. The maximum atomic E-state index is 13.6. The highest BCUT2D eigenvalue weighted by Gasteiger charge is 2.62. The molecule has 2 fully saturated rings. The summed E-state index contributed by atoms with van der Waals surface area (Å²) in [5, 5.41) is 8.81. The van der Waals surface area contributed by atoms with E-state index in [0.717, 1.165) is 25.7 Å². The number of hydrogen-bond donors (Lipinski definition) is 3. The van der Waals surface area contributed by atoms with Crippen molar-refractivity contribution in [1.29, 1.82) is 0 Å². The molecule has 3 amide bonds. The number of alkyl carbamates (subject to hydrolysis) is 1. The lowest BCUT2D eigenvalue weighted by Crippen LogP contribution is -2.64. The Hall–Kier alpha value is -2.62. The molecule has 1 saturated heterocycles. The summed E-state index contributed by atoms with van der Waals surface area (Å²) in [6, 6.07) is -1.60. The number of rotatable bonds is 3. The molecule has 0 aromatic rings. The van der Waals surface area contributed by atoms with Gasteiger partial charge < -0.3 is 30.3 Å². The quantitative estimate of drug-likeness (QED) is 0.404. The van der Waals surface area contributed by atoms with E-state index in [0.29, 0.717) is 25.9 Å². The Balaban J connectivity index is 1.84. The van der Waals surface area contributed by atoms with Crippen LogP contribution in [0.3, 0.4) is 0 Å². The van der Waals surface area contributed by atoms with Crippen molar-refractivity contribution in [1.82, 2.24) is 20.9 Å². The minimum atomic E-state index is -1.09. The van der Waals surface area contributed by atoms with Crippen LogP contribution in [-0.2, 0) is 23.9 Å². The first-order valence-corrected chi connectivity index (χ1v) is 12.7. The molecule has 3 N–H and O–H groups in total. The number of hydrogen-bond acceptors (Lipinski definition) is 7. The van der Waals surface area contributed by atoms with Gasteiger partial charge in [-0.25, -0.2) is 9.59 Å². The average Bonchev–Trinajstić information content (AvgIpc) is 3.49. The van der Waals surface area contributed by atoms with E-state index in [4.69, 9.17) is 9.47 Å².